The molecule has 0 bridgehead atoms. The Labute approximate surface area is 185 Å². The fraction of sp³-hybridized carbons (Fsp3) is 0.391. The number of alkyl halides is 2. The summed E-state index contributed by atoms with van der Waals surface area (Å²) in [6.07, 6.45) is -2.76. The lowest BCUT2D eigenvalue weighted by molar-refractivity contribution is -0.0630. The van der Waals surface area contributed by atoms with Crippen LogP contribution in [0.3, 0.4) is 0 Å². The normalized spacial score (nSPS) is 14.1. The van der Waals surface area contributed by atoms with Crippen molar-refractivity contribution < 1.29 is 17.9 Å². The third-order valence-electron chi connectivity index (χ3n) is 5.37. The van der Waals surface area contributed by atoms with Gasteiger partial charge in [0, 0.05) is 44.0 Å². The van der Waals surface area contributed by atoms with Gasteiger partial charge in [-0.2, -0.15) is 8.78 Å². The molecule has 0 atom stereocenters. The van der Waals surface area contributed by atoms with Gasteiger partial charge >= 0.3 is 6.43 Å². The molecule has 0 saturated carbocycles. The topological polar surface area (TPSA) is 75.5 Å². The van der Waals surface area contributed by atoms with Gasteiger partial charge in [-0.15, -0.1) is 10.2 Å². The molecule has 1 aliphatic rings. The van der Waals surface area contributed by atoms with E-state index in [0.29, 0.717) is 18.2 Å². The number of nitrogens with one attached hydrogen (secondary N) is 2. The Balaban J connectivity index is 1.20. The standard InChI is InChI=1S/C23H27F2N5O2/c24-21(25)23-29-28-22(32-23)18-8-6-17(7-9-18)14-26-10-12-30(20-15-31-16-20)13-11-27-19-4-2-1-3-5-19/h1-9,20-21,26-27H,10-16H2. The third kappa shape index (κ3) is 6.09. The Morgan fingerprint density at radius 1 is 0.969 bits per heavy atom. The van der Waals surface area contributed by atoms with Gasteiger partial charge in [-0.05, 0) is 29.8 Å². The molecule has 1 aromatic heterocycles. The molecular formula is C23H27F2N5O2. The van der Waals surface area contributed by atoms with E-state index >= 15 is 0 Å². The summed E-state index contributed by atoms with van der Waals surface area (Å²) < 4.78 is 35.6. The number of hydrogen-bond donors (Lipinski definition) is 2. The lowest BCUT2D eigenvalue weighted by Gasteiger charge is -2.37. The van der Waals surface area contributed by atoms with Crippen molar-refractivity contribution in [2.24, 2.45) is 0 Å². The summed E-state index contributed by atoms with van der Waals surface area (Å²) in [5, 5.41) is 14.0. The number of halogens is 2. The van der Waals surface area contributed by atoms with Crippen LogP contribution in [0, 0.1) is 0 Å². The molecule has 1 aliphatic heterocycles. The van der Waals surface area contributed by atoms with Gasteiger partial charge in [0.1, 0.15) is 0 Å². The first-order valence-electron chi connectivity index (χ1n) is 10.7. The maximum Gasteiger partial charge on any atom is 0.314 e. The second-order valence-electron chi connectivity index (χ2n) is 7.64. The lowest BCUT2D eigenvalue weighted by atomic mass is 10.1. The number of hydrogen-bond acceptors (Lipinski definition) is 7. The van der Waals surface area contributed by atoms with E-state index in [1.54, 1.807) is 12.1 Å². The van der Waals surface area contributed by atoms with Crippen LogP contribution in [-0.4, -0.2) is 60.5 Å². The van der Waals surface area contributed by atoms with Crippen LogP contribution in [0.4, 0.5) is 14.5 Å². The summed E-state index contributed by atoms with van der Waals surface area (Å²) in [6, 6.07) is 18.1. The number of rotatable bonds is 12. The van der Waals surface area contributed by atoms with Crippen molar-refractivity contribution >= 4 is 5.69 Å². The molecular weight excluding hydrogens is 416 g/mol. The van der Waals surface area contributed by atoms with E-state index in [9.17, 15) is 8.78 Å². The van der Waals surface area contributed by atoms with Gasteiger partial charge in [-0.3, -0.25) is 4.90 Å². The monoisotopic (exact) mass is 443 g/mol. The van der Waals surface area contributed by atoms with Crippen molar-refractivity contribution in [2.45, 2.75) is 19.0 Å². The van der Waals surface area contributed by atoms with Crippen LogP contribution in [0.2, 0.25) is 0 Å². The first kappa shape index (κ1) is 22.3. The Morgan fingerprint density at radius 3 is 2.38 bits per heavy atom. The Bertz CT molecular complexity index is 949. The summed E-state index contributed by atoms with van der Waals surface area (Å²) in [6.45, 7) is 5.90. The van der Waals surface area contributed by atoms with Crippen LogP contribution in [0.15, 0.2) is 59.0 Å². The average molecular weight is 443 g/mol. The van der Waals surface area contributed by atoms with E-state index in [1.165, 1.54) is 0 Å². The first-order chi connectivity index (χ1) is 15.7. The molecule has 0 unspecified atom stereocenters. The zero-order valence-corrected chi connectivity index (χ0v) is 17.7. The van der Waals surface area contributed by atoms with Gasteiger partial charge in [0.15, 0.2) is 0 Å². The zero-order chi connectivity index (χ0) is 22.2. The molecule has 7 nitrogen and oxygen atoms in total. The van der Waals surface area contributed by atoms with Gasteiger partial charge in [0.2, 0.25) is 5.89 Å². The molecule has 0 spiro atoms. The number of nitrogens with zero attached hydrogens (tertiary/aromatic N) is 3. The highest BCUT2D eigenvalue weighted by Crippen LogP contribution is 2.23. The quantitative estimate of drug-likeness (QED) is 0.415. The van der Waals surface area contributed by atoms with Crippen LogP contribution in [0.5, 0.6) is 0 Å². The summed E-state index contributed by atoms with van der Waals surface area (Å²) >= 11 is 0. The number of para-hydroxylation sites is 1. The van der Waals surface area contributed by atoms with Crippen LogP contribution in [-0.2, 0) is 11.3 Å². The molecule has 4 rings (SSSR count). The maximum absolute atomic E-state index is 12.6. The summed E-state index contributed by atoms with van der Waals surface area (Å²) in [4.78, 5) is 2.45. The predicted octanol–water partition coefficient (Wildman–Crippen LogP) is 3.58. The largest absolute Gasteiger partial charge is 0.415 e. The van der Waals surface area contributed by atoms with Gasteiger partial charge in [0.05, 0.1) is 19.3 Å². The van der Waals surface area contributed by atoms with Crippen LogP contribution in [0.1, 0.15) is 17.9 Å². The molecule has 2 N–H and O–H groups in total. The molecule has 2 aromatic carbocycles. The second-order valence-corrected chi connectivity index (χ2v) is 7.64. The van der Waals surface area contributed by atoms with E-state index in [4.69, 9.17) is 9.15 Å². The fourth-order valence-electron chi connectivity index (χ4n) is 3.47. The van der Waals surface area contributed by atoms with Gasteiger partial charge in [-0.1, -0.05) is 30.3 Å². The fourth-order valence-corrected chi connectivity index (χ4v) is 3.47. The molecule has 0 radical (unpaired) electrons. The van der Waals surface area contributed by atoms with Crippen molar-refractivity contribution in [1.29, 1.82) is 0 Å². The average Bonchev–Trinajstić information content (AvgIpc) is 3.27. The lowest BCUT2D eigenvalue weighted by Crippen LogP contribution is -2.52. The SMILES string of the molecule is FC(F)c1nnc(-c2ccc(CNCCN(CCNc3ccccc3)C3COC3)cc2)o1. The Morgan fingerprint density at radius 2 is 1.72 bits per heavy atom. The van der Waals surface area contributed by atoms with Crippen LogP contribution < -0.4 is 10.6 Å². The van der Waals surface area contributed by atoms with E-state index in [2.05, 4.69) is 37.9 Å². The van der Waals surface area contributed by atoms with E-state index in [-0.39, 0.29) is 5.89 Å². The van der Waals surface area contributed by atoms with Crippen molar-refractivity contribution in [3.8, 4) is 11.5 Å². The van der Waals surface area contributed by atoms with Gasteiger partial charge in [-0.25, -0.2) is 0 Å². The number of ether oxygens (including phenoxy) is 1. The molecule has 1 saturated heterocycles. The van der Waals surface area contributed by atoms with Crippen molar-refractivity contribution in [2.75, 3.05) is 44.7 Å². The summed E-state index contributed by atoms with van der Waals surface area (Å²) in [5.41, 5.74) is 2.84. The Kier molecular flexibility index (Phi) is 7.76. The molecule has 32 heavy (non-hydrogen) atoms. The zero-order valence-electron chi connectivity index (χ0n) is 17.7. The number of benzene rings is 2. The molecule has 170 valence electrons. The van der Waals surface area contributed by atoms with Crippen LogP contribution in [0.25, 0.3) is 11.5 Å². The summed E-state index contributed by atoms with van der Waals surface area (Å²) in [5.74, 6) is -0.562. The Hall–Kier alpha value is -2.88. The predicted molar refractivity (Wildman–Crippen MR) is 118 cm³/mol. The van der Waals surface area contributed by atoms with E-state index < -0.39 is 12.3 Å². The van der Waals surface area contributed by atoms with Crippen molar-refractivity contribution in [1.82, 2.24) is 20.4 Å². The number of aromatic nitrogens is 2. The third-order valence-corrected chi connectivity index (χ3v) is 5.37. The maximum atomic E-state index is 12.6. The van der Waals surface area contributed by atoms with Crippen LogP contribution >= 0.6 is 0 Å². The second kappa shape index (κ2) is 11.1. The highest BCUT2D eigenvalue weighted by atomic mass is 19.3. The van der Waals surface area contributed by atoms with Gasteiger partial charge < -0.3 is 19.8 Å². The van der Waals surface area contributed by atoms with Gasteiger partial charge in [0.25, 0.3) is 5.89 Å². The number of anilines is 1. The molecule has 2 heterocycles. The molecule has 0 aliphatic carbocycles. The molecule has 9 heteroatoms. The van der Waals surface area contributed by atoms with E-state index in [0.717, 1.165) is 50.6 Å². The molecule has 0 amide bonds. The molecule has 3 aromatic rings. The van der Waals surface area contributed by atoms with E-state index in [1.807, 2.05) is 30.3 Å². The first-order valence-corrected chi connectivity index (χ1v) is 10.7. The minimum atomic E-state index is -2.76. The smallest absolute Gasteiger partial charge is 0.314 e. The van der Waals surface area contributed by atoms with Crippen molar-refractivity contribution in [3.63, 3.8) is 0 Å². The highest BCUT2D eigenvalue weighted by Gasteiger charge is 2.25. The summed E-state index contributed by atoms with van der Waals surface area (Å²) in [7, 11) is 0. The minimum absolute atomic E-state index is 0.0993. The highest BCUT2D eigenvalue weighted by molar-refractivity contribution is 5.53. The molecule has 1 fully saturated rings. The minimum Gasteiger partial charge on any atom is -0.415 e. The van der Waals surface area contributed by atoms with Crippen molar-refractivity contribution in [3.05, 3.63) is 66.1 Å².